The van der Waals surface area contributed by atoms with Gasteiger partial charge in [-0.3, -0.25) is 4.79 Å². The SMILES string of the molecule is COc1ccc(NC(=O)NCCn2cnc3cc(C(=O)N(C)C)ccc32)cc1OC. The second-order valence-corrected chi connectivity index (χ2v) is 6.79. The first-order chi connectivity index (χ1) is 14.4. The number of hydrogen-bond donors (Lipinski definition) is 2. The lowest BCUT2D eigenvalue weighted by molar-refractivity contribution is 0.0827. The maximum absolute atomic E-state index is 12.2. The molecule has 0 radical (unpaired) electrons. The average molecular weight is 411 g/mol. The molecule has 0 aliphatic heterocycles. The average Bonchev–Trinajstić information content (AvgIpc) is 3.15. The molecular weight excluding hydrogens is 386 g/mol. The monoisotopic (exact) mass is 411 g/mol. The van der Waals surface area contributed by atoms with Crippen LogP contribution in [0.15, 0.2) is 42.7 Å². The Balaban J connectivity index is 1.58. The lowest BCUT2D eigenvalue weighted by Gasteiger charge is -2.12. The summed E-state index contributed by atoms with van der Waals surface area (Å²) in [6, 6.07) is 10.2. The summed E-state index contributed by atoms with van der Waals surface area (Å²) < 4.78 is 12.3. The molecule has 0 saturated heterocycles. The zero-order valence-corrected chi connectivity index (χ0v) is 17.4. The Morgan fingerprint density at radius 3 is 2.53 bits per heavy atom. The summed E-state index contributed by atoms with van der Waals surface area (Å²) in [6.45, 7) is 0.944. The number of urea groups is 1. The molecule has 0 aliphatic carbocycles. The zero-order valence-electron chi connectivity index (χ0n) is 17.4. The number of anilines is 1. The number of methoxy groups -OCH3 is 2. The highest BCUT2D eigenvalue weighted by Crippen LogP contribution is 2.29. The fourth-order valence-corrected chi connectivity index (χ4v) is 3.01. The lowest BCUT2D eigenvalue weighted by Crippen LogP contribution is -2.31. The van der Waals surface area contributed by atoms with E-state index in [0.29, 0.717) is 35.8 Å². The molecule has 9 nitrogen and oxygen atoms in total. The number of amides is 3. The Morgan fingerprint density at radius 1 is 1.07 bits per heavy atom. The zero-order chi connectivity index (χ0) is 21.7. The lowest BCUT2D eigenvalue weighted by atomic mass is 10.2. The molecule has 0 atom stereocenters. The van der Waals surface area contributed by atoms with Crippen molar-refractivity contribution in [3.63, 3.8) is 0 Å². The molecule has 0 unspecified atom stereocenters. The first kappa shape index (κ1) is 21.0. The van der Waals surface area contributed by atoms with Crippen molar-refractivity contribution in [3.05, 3.63) is 48.3 Å². The number of ether oxygens (including phenoxy) is 2. The summed E-state index contributed by atoms with van der Waals surface area (Å²) in [5.41, 5.74) is 2.81. The smallest absolute Gasteiger partial charge is 0.319 e. The van der Waals surface area contributed by atoms with Crippen molar-refractivity contribution in [2.24, 2.45) is 0 Å². The molecule has 3 rings (SSSR count). The fourth-order valence-electron chi connectivity index (χ4n) is 3.01. The third kappa shape index (κ3) is 4.62. The Bertz CT molecular complexity index is 1060. The molecule has 0 fully saturated rings. The molecule has 2 N–H and O–H groups in total. The van der Waals surface area contributed by atoms with E-state index in [2.05, 4.69) is 15.6 Å². The molecule has 0 saturated carbocycles. The van der Waals surface area contributed by atoms with Crippen molar-refractivity contribution in [3.8, 4) is 11.5 Å². The van der Waals surface area contributed by atoms with Crippen LogP contribution in [0.3, 0.4) is 0 Å². The van der Waals surface area contributed by atoms with Crippen molar-refractivity contribution >= 4 is 28.7 Å². The van der Waals surface area contributed by atoms with E-state index in [1.807, 2.05) is 10.6 Å². The fraction of sp³-hybridized carbons (Fsp3) is 0.286. The largest absolute Gasteiger partial charge is 0.493 e. The molecule has 0 bridgehead atoms. The Labute approximate surface area is 174 Å². The van der Waals surface area contributed by atoms with Crippen LogP contribution in [0.2, 0.25) is 0 Å². The van der Waals surface area contributed by atoms with E-state index in [9.17, 15) is 9.59 Å². The van der Waals surface area contributed by atoms with Crippen molar-refractivity contribution < 1.29 is 19.1 Å². The number of carbonyl (C=O) groups excluding carboxylic acids is 2. The van der Waals surface area contributed by atoms with Gasteiger partial charge in [-0.2, -0.15) is 0 Å². The van der Waals surface area contributed by atoms with E-state index >= 15 is 0 Å². The minimum Gasteiger partial charge on any atom is -0.493 e. The first-order valence-corrected chi connectivity index (χ1v) is 9.36. The van der Waals surface area contributed by atoms with Gasteiger partial charge in [0.2, 0.25) is 0 Å². The van der Waals surface area contributed by atoms with Crippen LogP contribution in [0, 0.1) is 0 Å². The number of fused-ring (bicyclic) bond motifs is 1. The van der Waals surface area contributed by atoms with Gasteiger partial charge in [0.15, 0.2) is 11.5 Å². The van der Waals surface area contributed by atoms with Gasteiger partial charge >= 0.3 is 6.03 Å². The van der Waals surface area contributed by atoms with E-state index < -0.39 is 0 Å². The van der Waals surface area contributed by atoms with E-state index in [1.54, 1.807) is 57.9 Å². The van der Waals surface area contributed by atoms with Crippen molar-refractivity contribution in [2.45, 2.75) is 6.54 Å². The van der Waals surface area contributed by atoms with E-state index in [-0.39, 0.29) is 11.9 Å². The Morgan fingerprint density at radius 2 is 1.83 bits per heavy atom. The molecule has 1 aromatic heterocycles. The van der Waals surface area contributed by atoms with Crippen LogP contribution >= 0.6 is 0 Å². The number of nitrogens with one attached hydrogen (secondary N) is 2. The van der Waals surface area contributed by atoms with Gasteiger partial charge in [-0.25, -0.2) is 9.78 Å². The molecular formula is C21H25N5O4. The van der Waals surface area contributed by atoms with Gasteiger partial charge in [0.25, 0.3) is 5.91 Å². The number of aromatic nitrogens is 2. The van der Waals surface area contributed by atoms with Crippen LogP contribution in [-0.4, -0.2) is 61.2 Å². The Kier molecular flexibility index (Phi) is 6.41. The molecule has 3 aromatic rings. The molecule has 0 aliphatic rings. The van der Waals surface area contributed by atoms with Gasteiger partial charge in [-0.15, -0.1) is 0 Å². The summed E-state index contributed by atoms with van der Waals surface area (Å²) >= 11 is 0. The highest BCUT2D eigenvalue weighted by atomic mass is 16.5. The third-order valence-electron chi connectivity index (χ3n) is 4.55. The summed E-state index contributed by atoms with van der Waals surface area (Å²) in [5, 5.41) is 5.58. The molecule has 9 heteroatoms. The third-order valence-corrected chi connectivity index (χ3v) is 4.55. The Hall–Kier alpha value is -3.75. The maximum atomic E-state index is 12.2. The number of carbonyl (C=O) groups is 2. The first-order valence-electron chi connectivity index (χ1n) is 9.36. The van der Waals surface area contributed by atoms with Crippen molar-refractivity contribution in [1.29, 1.82) is 0 Å². The second kappa shape index (κ2) is 9.17. The minimum atomic E-state index is -0.328. The minimum absolute atomic E-state index is 0.0695. The number of imidazole rings is 1. The van der Waals surface area contributed by atoms with Crippen molar-refractivity contribution in [2.75, 3.05) is 40.2 Å². The van der Waals surface area contributed by atoms with E-state index in [4.69, 9.17) is 9.47 Å². The van der Waals surface area contributed by atoms with Crippen LogP contribution < -0.4 is 20.1 Å². The summed E-state index contributed by atoms with van der Waals surface area (Å²) in [5.74, 6) is 1.05. The number of benzene rings is 2. The molecule has 30 heavy (non-hydrogen) atoms. The van der Waals surface area contributed by atoms with Gasteiger partial charge < -0.3 is 29.6 Å². The highest BCUT2D eigenvalue weighted by molar-refractivity contribution is 5.97. The number of rotatable bonds is 7. The van der Waals surface area contributed by atoms with Gasteiger partial charge in [0.1, 0.15) is 0 Å². The highest BCUT2D eigenvalue weighted by Gasteiger charge is 2.11. The number of nitrogens with zero attached hydrogens (tertiary/aromatic N) is 3. The van der Waals surface area contributed by atoms with Crippen LogP contribution in [-0.2, 0) is 6.54 Å². The maximum Gasteiger partial charge on any atom is 0.319 e. The van der Waals surface area contributed by atoms with Crippen LogP contribution in [0.5, 0.6) is 11.5 Å². The predicted molar refractivity (Wildman–Crippen MR) is 114 cm³/mol. The molecule has 1 heterocycles. The standard InChI is InChI=1S/C21H25N5O4/c1-25(2)20(27)14-5-7-17-16(11-14)23-13-26(17)10-9-22-21(28)24-15-6-8-18(29-3)19(12-15)30-4/h5-8,11-13H,9-10H2,1-4H3,(H2,22,24,28). The molecule has 2 aromatic carbocycles. The quantitative estimate of drug-likeness (QED) is 0.623. The van der Waals surface area contributed by atoms with Gasteiger partial charge in [0.05, 0.1) is 31.6 Å². The van der Waals surface area contributed by atoms with Crippen LogP contribution in [0.4, 0.5) is 10.5 Å². The topological polar surface area (TPSA) is 97.7 Å². The van der Waals surface area contributed by atoms with Gasteiger partial charge in [-0.1, -0.05) is 0 Å². The van der Waals surface area contributed by atoms with Gasteiger partial charge in [-0.05, 0) is 30.3 Å². The van der Waals surface area contributed by atoms with E-state index in [0.717, 1.165) is 11.0 Å². The summed E-state index contributed by atoms with van der Waals surface area (Å²) in [4.78, 5) is 30.2. The van der Waals surface area contributed by atoms with Crippen LogP contribution in [0.25, 0.3) is 11.0 Å². The molecule has 158 valence electrons. The van der Waals surface area contributed by atoms with Crippen molar-refractivity contribution in [1.82, 2.24) is 19.8 Å². The predicted octanol–water partition coefficient (Wildman–Crippen LogP) is 2.58. The van der Waals surface area contributed by atoms with Gasteiger partial charge in [0, 0.05) is 44.5 Å². The normalized spacial score (nSPS) is 10.5. The van der Waals surface area contributed by atoms with E-state index in [1.165, 1.54) is 12.0 Å². The second-order valence-electron chi connectivity index (χ2n) is 6.79. The summed E-state index contributed by atoms with van der Waals surface area (Å²) in [7, 11) is 6.52. The van der Waals surface area contributed by atoms with Crippen LogP contribution in [0.1, 0.15) is 10.4 Å². The summed E-state index contributed by atoms with van der Waals surface area (Å²) in [6.07, 6.45) is 1.70. The molecule has 0 spiro atoms. The number of hydrogen-bond acceptors (Lipinski definition) is 5. The molecule has 3 amide bonds.